The van der Waals surface area contributed by atoms with Gasteiger partial charge < -0.3 is 20.3 Å². The molecule has 1 aliphatic heterocycles. The molecular weight excluding hydrogens is 204 g/mol. The van der Waals surface area contributed by atoms with Gasteiger partial charge in [-0.2, -0.15) is 0 Å². The van der Waals surface area contributed by atoms with Crippen molar-refractivity contribution in [3.05, 3.63) is 0 Å². The van der Waals surface area contributed by atoms with Crippen LogP contribution in [0.3, 0.4) is 0 Å². The van der Waals surface area contributed by atoms with Crippen LogP contribution in [-0.2, 0) is 4.74 Å². The number of rotatable bonds is 5. The van der Waals surface area contributed by atoms with Gasteiger partial charge in [0.15, 0.2) is 5.96 Å². The Kier molecular flexibility index (Phi) is 6.18. The van der Waals surface area contributed by atoms with Gasteiger partial charge >= 0.3 is 0 Å². The Balaban J connectivity index is 2.26. The molecule has 0 spiro atoms. The normalized spacial score (nSPS) is 18.2. The monoisotopic (exact) mass is 228 g/mol. The molecule has 0 bridgehead atoms. The highest BCUT2D eigenvalue weighted by Gasteiger charge is 2.11. The first kappa shape index (κ1) is 13.3. The zero-order valence-corrected chi connectivity index (χ0v) is 10.5. The van der Waals surface area contributed by atoms with Gasteiger partial charge in [-0.15, -0.1) is 0 Å². The number of likely N-dealkylation sites (N-methyl/N-ethyl adjacent to an activating group) is 1. The molecule has 0 aromatic carbocycles. The van der Waals surface area contributed by atoms with Crippen molar-refractivity contribution in [2.45, 2.75) is 13.8 Å². The molecule has 5 nitrogen and oxygen atoms in total. The average molecular weight is 228 g/mol. The van der Waals surface area contributed by atoms with E-state index in [0.717, 1.165) is 52.5 Å². The lowest BCUT2D eigenvalue weighted by molar-refractivity contribution is 0.0674. The number of nitrogens with two attached hydrogens (primary N) is 1. The van der Waals surface area contributed by atoms with Gasteiger partial charge in [-0.05, 0) is 13.1 Å². The molecule has 1 fully saturated rings. The summed E-state index contributed by atoms with van der Waals surface area (Å²) >= 11 is 0. The van der Waals surface area contributed by atoms with Gasteiger partial charge in [-0.3, -0.25) is 4.99 Å². The molecule has 1 aliphatic rings. The van der Waals surface area contributed by atoms with Crippen LogP contribution in [0.2, 0.25) is 0 Å². The third kappa shape index (κ3) is 4.37. The van der Waals surface area contributed by atoms with Crippen molar-refractivity contribution in [1.82, 2.24) is 9.80 Å². The minimum Gasteiger partial charge on any atom is -0.378 e. The molecule has 94 valence electrons. The van der Waals surface area contributed by atoms with Crippen LogP contribution in [0, 0.1) is 0 Å². The first-order valence-electron chi connectivity index (χ1n) is 6.12. The van der Waals surface area contributed by atoms with E-state index in [1.165, 1.54) is 0 Å². The summed E-state index contributed by atoms with van der Waals surface area (Å²) in [6.45, 7) is 11.5. The zero-order valence-electron chi connectivity index (χ0n) is 10.5. The molecule has 0 saturated carbocycles. The lowest BCUT2D eigenvalue weighted by Gasteiger charge is -2.27. The fraction of sp³-hybridized carbons (Fsp3) is 0.909. The molecule has 1 heterocycles. The lowest BCUT2D eigenvalue weighted by atomic mass is 10.4. The number of guanidine groups is 1. The van der Waals surface area contributed by atoms with Crippen LogP contribution in [0.5, 0.6) is 0 Å². The molecule has 1 saturated heterocycles. The van der Waals surface area contributed by atoms with Gasteiger partial charge in [-0.1, -0.05) is 13.8 Å². The molecule has 0 aliphatic carbocycles. The number of hydrogen-bond donors (Lipinski definition) is 1. The highest BCUT2D eigenvalue weighted by atomic mass is 16.5. The van der Waals surface area contributed by atoms with E-state index in [-0.39, 0.29) is 0 Å². The van der Waals surface area contributed by atoms with Crippen molar-refractivity contribution in [2.24, 2.45) is 10.7 Å². The lowest BCUT2D eigenvalue weighted by Crippen LogP contribution is -2.45. The van der Waals surface area contributed by atoms with Crippen LogP contribution in [0.4, 0.5) is 0 Å². The first-order chi connectivity index (χ1) is 7.77. The van der Waals surface area contributed by atoms with E-state index in [1.807, 2.05) is 0 Å². The van der Waals surface area contributed by atoms with Crippen molar-refractivity contribution in [3.63, 3.8) is 0 Å². The van der Waals surface area contributed by atoms with Gasteiger partial charge in [0, 0.05) is 19.6 Å². The van der Waals surface area contributed by atoms with E-state index < -0.39 is 0 Å². The first-order valence-corrected chi connectivity index (χ1v) is 6.12. The van der Waals surface area contributed by atoms with Gasteiger partial charge in [0.05, 0.1) is 19.8 Å². The largest absolute Gasteiger partial charge is 0.378 e. The summed E-state index contributed by atoms with van der Waals surface area (Å²) in [6.07, 6.45) is 0. The van der Waals surface area contributed by atoms with E-state index in [9.17, 15) is 0 Å². The van der Waals surface area contributed by atoms with Gasteiger partial charge in [0.2, 0.25) is 0 Å². The topological polar surface area (TPSA) is 54.1 Å². The molecule has 0 unspecified atom stereocenters. The SMILES string of the molecule is CCN(CC)CCN=C(N)N1CCOCC1. The molecule has 0 aromatic heterocycles. The fourth-order valence-corrected chi connectivity index (χ4v) is 1.74. The minimum atomic E-state index is 0.662. The predicted molar refractivity (Wildman–Crippen MR) is 66.7 cm³/mol. The summed E-state index contributed by atoms with van der Waals surface area (Å²) in [4.78, 5) is 8.84. The Hall–Kier alpha value is -0.810. The molecule has 0 amide bonds. The van der Waals surface area contributed by atoms with Crippen LogP contribution < -0.4 is 5.73 Å². The van der Waals surface area contributed by atoms with E-state index in [4.69, 9.17) is 10.5 Å². The smallest absolute Gasteiger partial charge is 0.191 e. The third-order valence-electron chi connectivity index (χ3n) is 2.92. The Labute approximate surface area is 98.3 Å². The Morgan fingerprint density at radius 3 is 2.50 bits per heavy atom. The quantitative estimate of drug-likeness (QED) is 0.530. The van der Waals surface area contributed by atoms with Crippen molar-refractivity contribution in [2.75, 3.05) is 52.5 Å². The summed E-state index contributed by atoms with van der Waals surface area (Å²) in [7, 11) is 0. The second kappa shape index (κ2) is 7.46. The average Bonchev–Trinajstić information content (AvgIpc) is 2.35. The number of aliphatic imine (C=N–C) groups is 1. The van der Waals surface area contributed by atoms with Crippen molar-refractivity contribution in [3.8, 4) is 0 Å². The Morgan fingerprint density at radius 2 is 1.94 bits per heavy atom. The van der Waals surface area contributed by atoms with E-state index in [0.29, 0.717) is 5.96 Å². The standard InChI is InChI=1S/C11H24N4O/c1-3-14(4-2)6-5-13-11(12)15-7-9-16-10-8-15/h3-10H2,1-2H3,(H2,12,13). The summed E-state index contributed by atoms with van der Waals surface area (Å²) in [6, 6.07) is 0. The van der Waals surface area contributed by atoms with Crippen molar-refractivity contribution in [1.29, 1.82) is 0 Å². The molecule has 0 radical (unpaired) electrons. The molecule has 1 rings (SSSR count). The summed E-state index contributed by atoms with van der Waals surface area (Å²) < 4.78 is 5.27. The summed E-state index contributed by atoms with van der Waals surface area (Å²) in [5, 5.41) is 0. The van der Waals surface area contributed by atoms with Gasteiger partial charge in [0.25, 0.3) is 0 Å². The summed E-state index contributed by atoms with van der Waals surface area (Å²) in [5.74, 6) is 0.662. The van der Waals surface area contributed by atoms with Gasteiger partial charge in [-0.25, -0.2) is 0 Å². The van der Waals surface area contributed by atoms with E-state index in [1.54, 1.807) is 0 Å². The number of nitrogens with zero attached hydrogens (tertiary/aromatic N) is 3. The van der Waals surface area contributed by atoms with Crippen LogP contribution in [0.25, 0.3) is 0 Å². The maximum absolute atomic E-state index is 5.92. The third-order valence-corrected chi connectivity index (χ3v) is 2.92. The van der Waals surface area contributed by atoms with Crippen LogP contribution in [-0.4, -0.2) is 68.2 Å². The molecular formula is C11H24N4O. The Bertz CT molecular complexity index is 210. The molecule has 0 aromatic rings. The maximum Gasteiger partial charge on any atom is 0.191 e. The molecule has 5 heteroatoms. The van der Waals surface area contributed by atoms with Crippen LogP contribution in [0.1, 0.15) is 13.8 Å². The molecule has 16 heavy (non-hydrogen) atoms. The summed E-state index contributed by atoms with van der Waals surface area (Å²) in [5.41, 5.74) is 5.92. The Morgan fingerprint density at radius 1 is 1.31 bits per heavy atom. The van der Waals surface area contributed by atoms with Gasteiger partial charge in [0.1, 0.15) is 0 Å². The number of morpholine rings is 1. The van der Waals surface area contributed by atoms with Crippen molar-refractivity contribution < 1.29 is 4.74 Å². The molecule has 2 N–H and O–H groups in total. The van der Waals surface area contributed by atoms with Crippen LogP contribution in [0.15, 0.2) is 4.99 Å². The second-order valence-corrected chi connectivity index (χ2v) is 3.87. The van der Waals surface area contributed by atoms with E-state index in [2.05, 4.69) is 28.6 Å². The number of ether oxygens (including phenoxy) is 1. The maximum atomic E-state index is 5.92. The second-order valence-electron chi connectivity index (χ2n) is 3.87. The molecule has 0 atom stereocenters. The zero-order chi connectivity index (χ0) is 11.8. The highest BCUT2D eigenvalue weighted by Crippen LogP contribution is 1.96. The van der Waals surface area contributed by atoms with Crippen LogP contribution >= 0.6 is 0 Å². The number of hydrogen-bond acceptors (Lipinski definition) is 3. The van der Waals surface area contributed by atoms with Crippen molar-refractivity contribution >= 4 is 5.96 Å². The van der Waals surface area contributed by atoms with E-state index >= 15 is 0 Å². The minimum absolute atomic E-state index is 0.662. The fourth-order valence-electron chi connectivity index (χ4n) is 1.74. The predicted octanol–water partition coefficient (Wildman–Crippen LogP) is -0.0249. The highest BCUT2D eigenvalue weighted by molar-refractivity contribution is 5.78.